The molecule has 0 spiro atoms. The number of nitrogens with one attached hydrogen (secondary N) is 1. The molecule has 4 rings (SSSR count). The van der Waals surface area contributed by atoms with Gasteiger partial charge in [-0.3, -0.25) is 4.79 Å². The minimum atomic E-state index is -0.786. The van der Waals surface area contributed by atoms with Gasteiger partial charge in [0.05, 0.1) is 13.2 Å². The molecule has 198 valence electrons. The van der Waals surface area contributed by atoms with Crippen molar-refractivity contribution in [3.8, 4) is 22.6 Å². The maximum Gasteiger partial charge on any atom is 0.440 e. The summed E-state index contributed by atoms with van der Waals surface area (Å²) in [6.07, 6.45) is 0. The molecule has 0 unspecified atom stereocenters. The molecule has 0 radical (unpaired) electrons. The van der Waals surface area contributed by atoms with Gasteiger partial charge in [-0.05, 0) is 65.1 Å². The molecule has 0 saturated heterocycles. The molecular weight excluding hydrogens is 490 g/mol. The smallest absolute Gasteiger partial charge is 0.440 e. The Hall–Kier alpha value is -4.57. The summed E-state index contributed by atoms with van der Waals surface area (Å²) in [7, 11) is 1.62. The quantitative estimate of drug-likeness (QED) is 0.312. The van der Waals surface area contributed by atoms with Gasteiger partial charge in [0.25, 0.3) is 5.91 Å². The Labute approximate surface area is 218 Å². The number of aliphatic hydroxyl groups is 1. The summed E-state index contributed by atoms with van der Waals surface area (Å²) in [5, 5.41) is 8.96. The monoisotopic (exact) mass is 519 g/mol. The Bertz CT molecular complexity index is 1500. The molecule has 0 bridgehead atoms. The van der Waals surface area contributed by atoms with Gasteiger partial charge < -0.3 is 24.0 Å². The first-order valence-electron chi connectivity index (χ1n) is 12.0. The molecule has 0 aliphatic heterocycles. The summed E-state index contributed by atoms with van der Waals surface area (Å²) in [6, 6.07) is 20.9. The highest BCUT2D eigenvalue weighted by Gasteiger charge is 2.11. The van der Waals surface area contributed by atoms with Crippen LogP contribution in [-0.2, 0) is 17.9 Å². The number of aromatic nitrogens is 2. The van der Waals surface area contributed by atoms with Crippen LogP contribution in [0.2, 0.25) is 0 Å². The number of benzene rings is 3. The summed E-state index contributed by atoms with van der Waals surface area (Å²) < 4.78 is 17.3. The zero-order valence-corrected chi connectivity index (χ0v) is 21.2. The highest BCUT2D eigenvalue weighted by molar-refractivity contribution is 5.77. The van der Waals surface area contributed by atoms with Gasteiger partial charge in [0, 0.05) is 13.6 Å². The lowest BCUT2D eigenvalue weighted by molar-refractivity contribution is -0.132. The first-order valence-corrected chi connectivity index (χ1v) is 12.0. The van der Waals surface area contributed by atoms with Crippen molar-refractivity contribution in [3.63, 3.8) is 0 Å². The summed E-state index contributed by atoms with van der Waals surface area (Å²) in [6.45, 7) is 2.57. The fourth-order valence-corrected chi connectivity index (χ4v) is 3.85. The largest absolute Gasteiger partial charge is 0.489 e. The molecule has 3 aromatic carbocycles. The van der Waals surface area contributed by atoms with Crippen molar-refractivity contribution in [3.05, 3.63) is 104 Å². The number of aliphatic hydroxyl groups excluding tert-OH is 1. The van der Waals surface area contributed by atoms with E-state index in [1.807, 2.05) is 43.3 Å². The van der Waals surface area contributed by atoms with E-state index in [0.717, 1.165) is 32.6 Å². The molecule has 1 aromatic heterocycles. The van der Waals surface area contributed by atoms with Crippen LogP contribution in [0.4, 0.5) is 0 Å². The number of nitrogens with zero attached hydrogens (tertiary/aromatic N) is 2. The number of H-pyrrole nitrogens is 1. The summed E-state index contributed by atoms with van der Waals surface area (Å²) in [4.78, 5) is 38.2. The third-order valence-corrected chi connectivity index (χ3v) is 5.94. The molecule has 0 saturated carbocycles. The van der Waals surface area contributed by atoms with Crippen molar-refractivity contribution < 1.29 is 23.9 Å². The number of ether oxygens (including phenoxy) is 2. The number of carbonyl (C=O) groups excluding carboxylic acids is 1. The molecule has 10 nitrogen and oxygen atoms in total. The van der Waals surface area contributed by atoms with Gasteiger partial charge in [0.1, 0.15) is 18.1 Å². The van der Waals surface area contributed by atoms with Crippen LogP contribution in [0.3, 0.4) is 0 Å². The van der Waals surface area contributed by atoms with Crippen LogP contribution < -0.4 is 20.9 Å². The number of rotatable bonds is 11. The summed E-state index contributed by atoms with van der Waals surface area (Å²) in [5.41, 5.74) is 4.26. The fourth-order valence-electron chi connectivity index (χ4n) is 3.85. The molecule has 1 heterocycles. The Morgan fingerprint density at radius 2 is 1.76 bits per heavy atom. The minimum Gasteiger partial charge on any atom is -0.489 e. The van der Waals surface area contributed by atoms with E-state index in [0.29, 0.717) is 18.1 Å². The number of aromatic amines is 1. The van der Waals surface area contributed by atoms with E-state index in [9.17, 15) is 14.4 Å². The fraction of sp³-hybridized carbons (Fsp3) is 0.250. The third kappa shape index (κ3) is 6.80. The lowest BCUT2D eigenvalue weighted by Gasteiger charge is -2.16. The molecule has 10 heteroatoms. The maximum absolute atomic E-state index is 12.0. The molecule has 0 aliphatic rings. The van der Waals surface area contributed by atoms with Crippen LogP contribution in [-0.4, -0.2) is 52.4 Å². The SMILES string of the molecule is Cc1cc(OCC(=O)N(C)CCO)ccc1-c1cccc(COc2ccc(Cn3oc(=O)[nH]c3=O)cc2)c1. The van der Waals surface area contributed by atoms with Crippen molar-refractivity contribution in [2.75, 3.05) is 26.8 Å². The Morgan fingerprint density at radius 3 is 2.45 bits per heavy atom. The zero-order chi connectivity index (χ0) is 27.1. The predicted molar refractivity (Wildman–Crippen MR) is 140 cm³/mol. The van der Waals surface area contributed by atoms with Gasteiger partial charge in [0.15, 0.2) is 6.61 Å². The van der Waals surface area contributed by atoms with E-state index in [-0.39, 0.29) is 32.2 Å². The molecule has 1 amide bonds. The highest BCUT2D eigenvalue weighted by atomic mass is 16.5. The molecular formula is C28H29N3O7. The van der Waals surface area contributed by atoms with E-state index in [2.05, 4.69) is 11.1 Å². The average Bonchev–Trinajstić information content (AvgIpc) is 3.23. The van der Waals surface area contributed by atoms with E-state index < -0.39 is 11.4 Å². The zero-order valence-electron chi connectivity index (χ0n) is 21.2. The first kappa shape index (κ1) is 26.5. The van der Waals surface area contributed by atoms with E-state index in [4.69, 9.17) is 19.1 Å². The van der Waals surface area contributed by atoms with Crippen LogP contribution in [0.15, 0.2) is 80.8 Å². The highest BCUT2D eigenvalue weighted by Crippen LogP contribution is 2.28. The van der Waals surface area contributed by atoms with Gasteiger partial charge in [-0.1, -0.05) is 36.4 Å². The number of aryl methyl sites for hydroxylation is 1. The Morgan fingerprint density at radius 1 is 1.00 bits per heavy atom. The standard InChI is InChI=1S/C28H29N3O7/c1-19-14-24(37-18-26(33)30(2)12-13-32)10-11-25(19)22-5-3-4-21(15-22)17-36-23-8-6-20(7-9-23)16-31-27(34)29-28(35)38-31/h3-11,14-15,32H,12-13,16-18H2,1-2H3,(H,29,34,35). The number of carbonyl (C=O) groups is 1. The minimum absolute atomic E-state index is 0.0908. The first-order chi connectivity index (χ1) is 18.3. The number of hydrogen-bond acceptors (Lipinski definition) is 7. The topological polar surface area (TPSA) is 127 Å². The van der Waals surface area contributed by atoms with E-state index >= 15 is 0 Å². The van der Waals surface area contributed by atoms with Crippen molar-refractivity contribution in [1.82, 2.24) is 14.6 Å². The van der Waals surface area contributed by atoms with Crippen LogP contribution >= 0.6 is 0 Å². The van der Waals surface area contributed by atoms with Crippen LogP contribution in [0.5, 0.6) is 11.5 Å². The Balaban J connectivity index is 1.36. The molecule has 0 fully saturated rings. The third-order valence-electron chi connectivity index (χ3n) is 5.94. The number of hydrogen-bond donors (Lipinski definition) is 2. The van der Waals surface area contributed by atoms with Crippen molar-refractivity contribution in [2.24, 2.45) is 0 Å². The van der Waals surface area contributed by atoms with Crippen molar-refractivity contribution >= 4 is 5.91 Å². The van der Waals surface area contributed by atoms with Gasteiger partial charge >= 0.3 is 11.4 Å². The average molecular weight is 520 g/mol. The summed E-state index contributed by atoms with van der Waals surface area (Å²) >= 11 is 0. The van der Waals surface area contributed by atoms with Crippen LogP contribution in [0.25, 0.3) is 11.1 Å². The molecule has 0 atom stereocenters. The lowest BCUT2D eigenvalue weighted by atomic mass is 9.99. The van der Waals surface area contributed by atoms with E-state index in [1.165, 1.54) is 4.90 Å². The van der Waals surface area contributed by atoms with Gasteiger partial charge in [-0.25, -0.2) is 14.6 Å². The lowest BCUT2D eigenvalue weighted by Crippen LogP contribution is -2.33. The Kier molecular flexibility index (Phi) is 8.44. The second-order valence-electron chi connectivity index (χ2n) is 8.78. The van der Waals surface area contributed by atoms with Crippen LogP contribution in [0, 0.1) is 6.92 Å². The molecule has 4 aromatic rings. The van der Waals surface area contributed by atoms with Gasteiger partial charge in [-0.2, -0.15) is 0 Å². The second-order valence-corrected chi connectivity index (χ2v) is 8.78. The van der Waals surface area contributed by atoms with Gasteiger partial charge in [0.2, 0.25) is 0 Å². The van der Waals surface area contributed by atoms with Gasteiger partial charge in [-0.15, -0.1) is 4.74 Å². The number of amides is 1. The maximum atomic E-state index is 12.0. The number of likely N-dealkylation sites (N-methyl/N-ethyl adjacent to an activating group) is 1. The van der Waals surface area contributed by atoms with E-state index in [1.54, 1.807) is 31.3 Å². The van der Waals surface area contributed by atoms with Crippen LogP contribution in [0.1, 0.15) is 16.7 Å². The molecule has 2 N–H and O–H groups in total. The van der Waals surface area contributed by atoms with Crippen molar-refractivity contribution in [1.29, 1.82) is 0 Å². The second kappa shape index (κ2) is 12.1. The molecule has 0 aliphatic carbocycles. The molecule has 38 heavy (non-hydrogen) atoms. The normalized spacial score (nSPS) is 10.8. The van der Waals surface area contributed by atoms with Crippen molar-refractivity contribution in [2.45, 2.75) is 20.1 Å². The predicted octanol–water partition coefficient (Wildman–Crippen LogP) is 2.56. The summed E-state index contributed by atoms with van der Waals surface area (Å²) in [5.74, 6) is 0.279.